The molecule has 0 aromatic rings. The van der Waals surface area contributed by atoms with Gasteiger partial charge in [0.15, 0.2) is 0 Å². The van der Waals surface area contributed by atoms with Crippen molar-refractivity contribution < 1.29 is 0 Å². The van der Waals surface area contributed by atoms with Gasteiger partial charge in [-0.05, 0) is 19.3 Å². The first-order valence-electron chi connectivity index (χ1n) is 4.66. The number of hydrazine groups is 1. The van der Waals surface area contributed by atoms with Gasteiger partial charge in [0.1, 0.15) is 0 Å². The van der Waals surface area contributed by atoms with E-state index in [9.17, 15) is 0 Å². The van der Waals surface area contributed by atoms with Crippen molar-refractivity contribution in [2.75, 3.05) is 26.2 Å². The average molecular weight is 154 g/mol. The zero-order valence-corrected chi connectivity index (χ0v) is 7.00. The van der Waals surface area contributed by atoms with E-state index in [-0.39, 0.29) is 0 Å². The summed E-state index contributed by atoms with van der Waals surface area (Å²) in [7, 11) is 0. The minimum Gasteiger partial charge on any atom is -0.227 e. The molecule has 3 nitrogen and oxygen atoms in total. The molecule has 2 aliphatic heterocycles. The summed E-state index contributed by atoms with van der Waals surface area (Å²) < 4.78 is 0. The Morgan fingerprint density at radius 2 is 1.64 bits per heavy atom. The van der Waals surface area contributed by atoms with E-state index >= 15 is 0 Å². The SMILES string of the molecule is C1CCN(N2CCC[N]2)CC1. The molecule has 2 saturated heterocycles. The molecule has 0 aromatic heterocycles. The van der Waals surface area contributed by atoms with Crippen molar-refractivity contribution in [3.63, 3.8) is 0 Å². The Labute approximate surface area is 68.3 Å². The Balaban J connectivity index is 1.82. The van der Waals surface area contributed by atoms with Crippen molar-refractivity contribution in [1.29, 1.82) is 0 Å². The smallest absolute Gasteiger partial charge is 0.0334 e. The van der Waals surface area contributed by atoms with Crippen LogP contribution in [0.3, 0.4) is 0 Å². The second-order valence-corrected chi connectivity index (χ2v) is 3.33. The van der Waals surface area contributed by atoms with Crippen LogP contribution < -0.4 is 5.43 Å². The van der Waals surface area contributed by atoms with E-state index in [4.69, 9.17) is 0 Å². The van der Waals surface area contributed by atoms with E-state index in [1.54, 1.807) is 0 Å². The quantitative estimate of drug-likeness (QED) is 0.551. The van der Waals surface area contributed by atoms with E-state index < -0.39 is 0 Å². The predicted octanol–water partition coefficient (Wildman–Crippen LogP) is 0.612. The lowest BCUT2D eigenvalue weighted by molar-refractivity contribution is -0.0603. The van der Waals surface area contributed by atoms with Crippen LogP contribution in [0.5, 0.6) is 0 Å². The zero-order chi connectivity index (χ0) is 7.52. The molecule has 0 N–H and O–H groups in total. The van der Waals surface area contributed by atoms with Crippen molar-refractivity contribution in [3.8, 4) is 0 Å². The van der Waals surface area contributed by atoms with Crippen LogP contribution in [-0.4, -0.2) is 36.3 Å². The first-order valence-corrected chi connectivity index (χ1v) is 4.66. The van der Waals surface area contributed by atoms with Gasteiger partial charge in [-0.1, -0.05) is 6.42 Å². The first-order chi connectivity index (χ1) is 5.47. The molecular formula is C8H16N3. The first kappa shape index (κ1) is 7.53. The number of hydrogen-bond acceptors (Lipinski definition) is 2. The van der Waals surface area contributed by atoms with Crippen LogP contribution in [0.25, 0.3) is 0 Å². The Bertz CT molecular complexity index is 115. The highest BCUT2D eigenvalue weighted by Crippen LogP contribution is 2.12. The van der Waals surface area contributed by atoms with Gasteiger partial charge in [-0.2, -0.15) is 5.12 Å². The molecule has 2 heterocycles. The van der Waals surface area contributed by atoms with E-state index in [2.05, 4.69) is 15.6 Å². The molecule has 2 aliphatic rings. The number of hydrogen-bond donors (Lipinski definition) is 0. The fourth-order valence-electron chi connectivity index (χ4n) is 1.81. The molecule has 63 valence electrons. The highest BCUT2D eigenvalue weighted by Gasteiger charge is 2.21. The van der Waals surface area contributed by atoms with Crippen LogP contribution >= 0.6 is 0 Å². The molecule has 2 fully saturated rings. The highest BCUT2D eigenvalue weighted by atomic mass is 15.8. The molecule has 2 rings (SSSR count). The van der Waals surface area contributed by atoms with E-state index in [0.29, 0.717) is 0 Å². The normalized spacial score (nSPS) is 29.5. The Hall–Kier alpha value is -0.120. The molecular weight excluding hydrogens is 138 g/mol. The molecule has 0 amide bonds. The molecule has 11 heavy (non-hydrogen) atoms. The maximum absolute atomic E-state index is 4.42. The molecule has 0 spiro atoms. The summed E-state index contributed by atoms with van der Waals surface area (Å²) in [6, 6.07) is 0. The second kappa shape index (κ2) is 3.52. The van der Waals surface area contributed by atoms with Crippen LogP contribution in [0.4, 0.5) is 0 Å². The van der Waals surface area contributed by atoms with Gasteiger partial charge in [-0.3, -0.25) is 0 Å². The van der Waals surface area contributed by atoms with Gasteiger partial charge in [-0.25, -0.2) is 5.01 Å². The van der Waals surface area contributed by atoms with Crippen molar-refractivity contribution in [2.45, 2.75) is 25.7 Å². The summed E-state index contributed by atoms with van der Waals surface area (Å²) >= 11 is 0. The summed E-state index contributed by atoms with van der Waals surface area (Å²) in [6.45, 7) is 4.64. The predicted molar refractivity (Wildman–Crippen MR) is 43.7 cm³/mol. The van der Waals surface area contributed by atoms with Crippen LogP contribution in [0, 0.1) is 0 Å². The van der Waals surface area contributed by atoms with Gasteiger partial charge in [0, 0.05) is 26.2 Å². The fourth-order valence-corrected chi connectivity index (χ4v) is 1.81. The summed E-state index contributed by atoms with van der Waals surface area (Å²) in [5.41, 5.74) is 4.42. The summed E-state index contributed by atoms with van der Waals surface area (Å²) in [6.07, 6.45) is 5.36. The largest absolute Gasteiger partial charge is 0.227 e. The van der Waals surface area contributed by atoms with Crippen molar-refractivity contribution in [3.05, 3.63) is 0 Å². The molecule has 0 saturated carbocycles. The van der Waals surface area contributed by atoms with Crippen molar-refractivity contribution in [1.82, 2.24) is 15.6 Å². The molecule has 0 aliphatic carbocycles. The lowest BCUT2D eigenvalue weighted by atomic mass is 10.2. The third kappa shape index (κ3) is 1.72. The topological polar surface area (TPSA) is 20.6 Å². The van der Waals surface area contributed by atoms with Gasteiger partial charge in [-0.15, -0.1) is 5.43 Å². The summed E-state index contributed by atoms with van der Waals surface area (Å²) in [4.78, 5) is 0. The van der Waals surface area contributed by atoms with Gasteiger partial charge in [0.05, 0.1) is 0 Å². The summed E-state index contributed by atoms with van der Waals surface area (Å²) in [5, 5.41) is 4.58. The lowest BCUT2D eigenvalue weighted by Crippen LogP contribution is -2.46. The van der Waals surface area contributed by atoms with E-state index in [1.165, 1.54) is 38.8 Å². The maximum atomic E-state index is 4.42. The third-order valence-corrected chi connectivity index (χ3v) is 2.44. The zero-order valence-electron chi connectivity index (χ0n) is 7.00. The summed E-state index contributed by atoms with van der Waals surface area (Å²) in [5.74, 6) is 0. The number of nitrogens with zero attached hydrogens (tertiary/aromatic N) is 3. The minimum atomic E-state index is 1.04. The van der Waals surface area contributed by atoms with Crippen molar-refractivity contribution >= 4 is 0 Å². The monoisotopic (exact) mass is 154 g/mol. The van der Waals surface area contributed by atoms with Crippen LogP contribution in [0.2, 0.25) is 0 Å². The Kier molecular flexibility index (Phi) is 2.41. The van der Waals surface area contributed by atoms with Gasteiger partial charge in [0.25, 0.3) is 0 Å². The van der Waals surface area contributed by atoms with E-state index in [0.717, 1.165) is 13.1 Å². The van der Waals surface area contributed by atoms with Crippen LogP contribution in [0.1, 0.15) is 25.7 Å². The van der Waals surface area contributed by atoms with Crippen LogP contribution in [0.15, 0.2) is 0 Å². The maximum Gasteiger partial charge on any atom is 0.0334 e. The average Bonchev–Trinajstić information content (AvgIpc) is 2.58. The molecule has 0 aromatic carbocycles. The van der Waals surface area contributed by atoms with Crippen LogP contribution in [-0.2, 0) is 0 Å². The number of rotatable bonds is 1. The molecule has 0 unspecified atom stereocenters. The molecule has 1 radical (unpaired) electrons. The molecule has 0 atom stereocenters. The highest BCUT2D eigenvalue weighted by molar-refractivity contribution is 4.65. The minimum absolute atomic E-state index is 1.04. The van der Waals surface area contributed by atoms with Gasteiger partial charge >= 0.3 is 0 Å². The Morgan fingerprint density at radius 3 is 2.27 bits per heavy atom. The standard InChI is InChI=1S/C8H16N3/c1-2-6-10(7-3-1)11-8-4-5-9-11/h1-8H2. The third-order valence-electron chi connectivity index (χ3n) is 2.44. The Morgan fingerprint density at radius 1 is 0.818 bits per heavy atom. The van der Waals surface area contributed by atoms with Gasteiger partial charge in [0.2, 0.25) is 0 Å². The molecule has 3 heteroatoms. The lowest BCUT2D eigenvalue weighted by Gasteiger charge is -2.32. The van der Waals surface area contributed by atoms with Crippen molar-refractivity contribution in [2.24, 2.45) is 0 Å². The number of piperidine rings is 1. The van der Waals surface area contributed by atoms with Gasteiger partial charge < -0.3 is 0 Å². The molecule has 0 bridgehead atoms. The fraction of sp³-hybridized carbons (Fsp3) is 1.00. The van der Waals surface area contributed by atoms with E-state index in [1.807, 2.05) is 0 Å². The second-order valence-electron chi connectivity index (χ2n) is 3.33.